The van der Waals surface area contributed by atoms with E-state index in [-0.39, 0.29) is 17.7 Å². The number of likely N-dealkylation sites (tertiary alicyclic amines) is 1. The molecular formula is C17H18N2O2S. The molecule has 2 aromatic rings. The first-order valence-electron chi connectivity index (χ1n) is 7.91. The smallest absolute Gasteiger partial charge is 0.226 e. The molecule has 1 amide bonds. The van der Waals surface area contributed by atoms with Gasteiger partial charge in [-0.1, -0.05) is 18.2 Å². The van der Waals surface area contributed by atoms with E-state index in [1.807, 2.05) is 4.90 Å². The van der Waals surface area contributed by atoms with Gasteiger partial charge in [-0.25, -0.2) is 0 Å². The van der Waals surface area contributed by atoms with Crippen molar-refractivity contribution in [3.05, 3.63) is 35.2 Å². The van der Waals surface area contributed by atoms with Gasteiger partial charge in [-0.15, -0.1) is 11.3 Å². The third kappa shape index (κ3) is 1.62. The van der Waals surface area contributed by atoms with Gasteiger partial charge in [-0.3, -0.25) is 9.69 Å². The summed E-state index contributed by atoms with van der Waals surface area (Å²) in [5.41, 5.74) is 1.06. The molecule has 1 aromatic carbocycles. The number of benzene rings is 1. The Morgan fingerprint density at radius 1 is 1.32 bits per heavy atom. The van der Waals surface area contributed by atoms with Gasteiger partial charge in [0.05, 0.1) is 12.6 Å². The van der Waals surface area contributed by atoms with E-state index in [1.165, 1.54) is 15.6 Å². The Hall–Kier alpha value is -1.43. The minimum Gasteiger partial charge on any atom is -0.352 e. The molecule has 0 aliphatic carbocycles. The molecule has 2 atom stereocenters. The van der Waals surface area contributed by atoms with Crippen molar-refractivity contribution >= 4 is 27.3 Å². The van der Waals surface area contributed by atoms with Crippen LogP contribution in [0.3, 0.4) is 0 Å². The van der Waals surface area contributed by atoms with Gasteiger partial charge in [0.1, 0.15) is 0 Å². The standard InChI is InChI=1S/C17H18N2O2S/c20-16-9-15-17(19(16)7-8-21-17)5-6-18(15)10-12-11-22-14-4-2-1-3-13(12)14/h1-4,11,15H,5-10H2/t15-,17+/m1/s1. The number of thiophene rings is 1. The molecule has 1 aromatic heterocycles. The van der Waals surface area contributed by atoms with Crippen LogP contribution in [0.4, 0.5) is 0 Å². The fourth-order valence-corrected chi connectivity index (χ4v) is 5.39. The van der Waals surface area contributed by atoms with Gasteiger partial charge in [0.25, 0.3) is 0 Å². The van der Waals surface area contributed by atoms with E-state index in [0.717, 1.165) is 26.1 Å². The Morgan fingerprint density at radius 3 is 3.18 bits per heavy atom. The summed E-state index contributed by atoms with van der Waals surface area (Å²) in [5.74, 6) is 0.266. The molecule has 0 saturated carbocycles. The first-order chi connectivity index (χ1) is 10.8. The summed E-state index contributed by atoms with van der Waals surface area (Å²) >= 11 is 1.81. The number of carbonyl (C=O) groups excluding carboxylic acids is 1. The molecule has 3 fully saturated rings. The molecule has 5 heteroatoms. The van der Waals surface area contributed by atoms with Crippen molar-refractivity contribution in [3.8, 4) is 0 Å². The lowest BCUT2D eigenvalue weighted by molar-refractivity contribution is -0.136. The van der Waals surface area contributed by atoms with E-state index >= 15 is 0 Å². The van der Waals surface area contributed by atoms with Gasteiger partial charge in [0.2, 0.25) is 5.91 Å². The van der Waals surface area contributed by atoms with Crippen molar-refractivity contribution in [2.75, 3.05) is 19.7 Å². The Labute approximate surface area is 133 Å². The summed E-state index contributed by atoms with van der Waals surface area (Å²) < 4.78 is 7.40. The van der Waals surface area contributed by atoms with Crippen LogP contribution in [-0.2, 0) is 16.1 Å². The van der Waals surface area contributed by atoms with Crippen LogP contribution in [0.25, 0.3) is 10.1 Å². The lowest BCUT2D eigenvalue weighted by atomic mass is 10.1. The van der Waals surface area contributed by atoms with Crippen LogP contribution in [0.2, 0.25) is 0 Å². The second-order valence-corrected chi connectivity index (χ2v) is 7.35. The van der Waals surface area contributed by atoms with E-state index < -0.39 is 0 Å². The van der Waals surface area contributed by atoms with Crippen molar-refractivity contribution in [2.24, 2.45) is 0 Å². The summed E-state index contributed by atoms with van der Waals surface area (Å²) in [7, 11) is 0. The maximum absolute atomic E-state index is 12.2. The predicted octanol–water partition coefficient (Wildman–Crippen LogP) is 2.43. The van der Waals surface area contributed by atoms with Crippen molar-refractivity contribution in [3.63, 3.8) is 0 Å². The highest BCUT2D eigenvalue weighted by atomic mass is 32.1. The zero-order valence-electron chi connectivity index (χ0n) is 12.3. The van der Waals surface area contributed by atoms with Gasteiger partial charge in [0.15, 0.2) is 5.72 Å². The number of hydrogen-bond acceptors (Lipinski definition) is 4. The Balaban J connectivity index is 1.46. The summed E-state index contributed by atoms with van der Waals surface area (Å²) in [5, 5.41) is 3.61. The summed E-state index contributed by atoms with van der Waals surface area (Å²) in [6.07, 6.45) is 1.56. The highest BCUT2D eigenvalue weighted by Crippen LogP contribution is 2.46. The monoisotopic (exact) mass is 314 g/mol. The normalized spacial score (nSPS) is 31.2. The maximum atomic E-state index is 12.2. The number of nitrogens with zero attached hydrogens (tertiary/aromatic N) is 2. The summed E-state index contributed by atoms with van der Waals surface area (Å²) in [6.45, 7) is 3.39. The Bertz CT molecular complexity index is 758. The fourth-order valence-electron chi connectivity index (χ4n) is 4.44. The lowest BCUT2D eigenvalue weighted by Crippen LogP contribution is -2.47. The highest BCUT2D eigenvalue weighted by molar-refractivity contribution is 7.17. The molecule has 3 saturated heterocycles. The lowest BCUT2D eigenvalue weighted by Gasteiger charge is -2.31. The average molecular weight is 314 g/mol. The first-order valence-corrected chi connectivity index (χ1v) is 8.79. The van der Waals surface area contributed by atoms with E-state index in [0.29, 0.717) is 13.0 Å². The second-order valence-electron chi connectivity index (χ2n) is 6.44. The molecule has 0 N–H and O–H groups in total. The maximum Gasteiger partial charge on any atom is 0.226 e. The van der Waals surface area contributed by atoms with Gasteiger partial charge in [0, 0.05) is 37.2 Å². The Morgan fingerprint density at radius 2 is 2.23 bits per heavy atom. The molecule has 0 bridgehead atoms. The fraction of sp³-hybridized carbons (Fsp3) is 0.471. The summed E-state index contributed by atoms with van der Waals surface area (Å²) in [4.78, 5) is 16.7. The minimum absolute atomic E-state index is 0.223. The number of ether oxygens (including phenoxy) is 1. The molecule has 0 unspecified atom stereocenters. The van der Waals surface area contributed by atoms with Crippen LogP contribution in [0.5, 0.6) is 0 Å². The van der Waals surface area contributed by atoms with Crippen LogP contribution in [0, 0.1) is 0 Å². The molecule has 4 heterocycles. The highest BCUT2D eigenvalue weighted by Gasteiger charge is 2.61. The van der Waals surface area contributed by atoms with E-state index in [1.54, 1.807) is 11.3 Å². The largest absolute Gasteiger partial charge is 0.352 e. The van der Waals surface area contributed by atoms with Gasteiger partial charge < -0.3 is 9.64 Å². The molecule has 1 spiro atoms. The van der Waals surface area contributed by atoms with Crippen molar-refractivity contribution in [2.45, 2.75) is 31.2 Å². The molecule has 3 aliphatic heterocycles. The molecule has 22 heavy (non-hydrogen) atoms. The molecule has 3 aliphatic rings. The van der Waals surface area contributed by atoms with E-state index in [4.69, 9.17) is 4.74 Å². The van der Waals surface area contributed by atoms with Crippen molar-refractivity contribution < 1.29 is 9.53 Å². The number of amides is 1. The van der Waals surface area contributed by atoms with Crippen LogP contribution in [0.1, 0.15) is 18.4 Å². The average Bonchev–Trinajstić information content (AvgIpc) is 3.25. The second kappa shape index (κ2) is 4.54. The molecule has 114 valence electrons. The Kier molecular flexibility index (Phi) is 2.69. The zero-order chi connectivity index (χ0) is 14.7. The minimum atomic E-state index is -0.317. The van der Waals surface area contributed by atoms with Crippen LogP contribution in [0.15, 0.2) is 29.6 Å². The van der Waals surface area contributed by atoms with E-state index in [2.05, 4.69) is 34.5 Å². The summed E-state index contributed by atoms with van der Waals surface area (Å²) in [6, 6.07) is 8.79. The van der Waals surface area contributed by atoms with E-state index in [9.17, 15) is 4.79 Å². The van der Waals surface area contributed by atoms with Gasteiger partial charge in [-0.05, 0) is 22.4 Å². The topological polar surface area (TPSA) is 32.8 Å². The van der Waals surface area contributed by atoms with Crippen molar-refractivity contribution in [1.29, 1.82) is 0 Å². The van der Waals surface area contributed by atoms with Gasteiger partial charge >= 0.3 is 0 Å². The predicted molar refractivity (Wildman–Crippen MR) is 85.7 cm³/mol. The number of rotatable bonds is 2. The zero-order valence-corrected chi connectivity index (χ0v) is 13.1. The third-order valence-corrected chi connectivity index (χ3v) is 6.46. The van der Waals surface area contributed by atoms with Gasteiger partial charge in [-0.2, -0.15) is 0 Å². The third-order valence-electron chi connectivity index (χ3n) is 5.45. The molecule has 4 nitrogen and oxygen atoms in total. The molecular weight excluding hydrogens is 296 g/mol. The molecule has 0 radical (unpaired) electrons. The first kappa shape index (κ1) is 13.0. The SMILES string of the molecule is O=C1C[C@H]2N(Cc3csc4ccccc34)CC[C@]23OCCN13. The van der Waals surface area contributed by atoms with Crippen LogP contribution in [-0.4, -0.2) is 47.2 Å². The number of carbonyl (C=O) groups is 1. The van der Waals surface area contributed by atoms with Crippen LogP contribution >= 0.6 is 11.3 Å². The number of hydrogen-bond donors (Lipinski definition) is 0. The van der Waals surface area contributed by atoms with Crippen LogP contribution < -0.4 is 0 Å². The molecule has 5 rings (SSSR count). The number of fused-ring (bicyclic) bond motifs is 1. The van der Waals surface area contributed by atoms with Crippen molar-refractivity contribution in [1.82, 2.24) is 9.80 Å². The quantitative estimate of drug-likeness (QED) is 0.853.